The van der Waals surface area contributed by atoms with E-state index in [0.29, 0.717) is 12.1 Å². The number of amides is 2. The van der Waals surface area contributed by atoms with Gasteiger partial charge in [0.1, 0.15) is 0 Å². The second-order valence-electron chi connectivity index (χ2n) is 5.17. The minimum Gasteiger partial charge on any atom is -0.368 e. The molecular formula is C18H20N2O2. The van der Waals surface area contributed by atoms with Crippen LogP contribution in [0.1, 0.15) is 28.4 Å². The van der Waals surface area contributed by atoms with Gasteiger partial charge in [0.05, 0.1) is 6.54 Å². The highest BCUT2D eigenvalue weighted by atomic mass is 16.2. The van der Waals surface area contributed by atoms with Gasteiger partial charge in [-0.3, -0.25) is 9.59 Å². The third kappa shape index (κ3) is 4.19. The van der Waals surface area contributed by atoms with Crippen molar-refractivity contribution < 1.29 is 9.59 Å². The largest absolute Gasteiger partial charge is 0.368 e. The molecular weight excluding hydrogens is 276 g/mol. The molecule has 4 nitrogen and oxygen atoms in total. The topological polar surface area (TPSA) is 63.4 Å². The van der Waals surface area contributed by atoms with Gasteiger partial charge in [0.2, 0.25) is 5.91 Å². The molecule has 0 aliphatic carbocycles. The van der Waals surface area contributed by atoms with Gasteiger partial charge >= 0.3 is 0 Å². The van der Waals surface area contributed by atoms with Crippen molar-refractivity contribution in [1.29, 1.82) is 0 Å². The third-order valence-electron chi connectivity index (χ3n) is 3.43. The average molecular weight is 296 g/mol. The Morgan fingerprint density at radius 2 is 1.68 bits per heavy atom. The summed E-state index contributed by atoms with van der Waals surface area (Å²) in [5, 5.41) is 0. The molecule has 2 aromatic rings. The molecule has 0 aliphatic rings. The van der Waals surface area contributed by atoms with Crippen molar-refractivity contribution >= 4 is 11.8 Å². The van der Waals surface area contributed by atoms with E-state index in [1.165, 1.54) is 10.5 Å². The van der Waals surface area contributed by atoms with Crippen LogP contribution in [-0.4, -0.2) is 23.3 Å². The molecule has 0 saturated heterocycles. The molecule has 2 aromatic carbocycles. The molecule has 22 heavy (non-hydrogen) atoms. The summed E-state index contributed by atoms with van der Waals surface area (Å²) in [4.78, 5) is 25.3. The van der Waals surface area contributed by atoms with Crippen molar-refractivity contribution in [3.8, 4) is 0 Å². The van der Waals surface area contributed by atoms with Crippen LogP contribution >= 0.6 is 0 Å². The van der Waals surface area contributed by atoms with E-state index in [4.69, 9.17) is 5.73 Å². The Bertz CT molecular complexity index is 653. The molecule has 0 aliphatic heterocycles. The van der Waals surface area contributed by atoms with Gasteiger partial charge in [0.15, 0.2) is 0 Å². The van der Waals surface area contributed by atoms with Gasteiger partial charge in [-0.25, -0.2) is 0 Å². The molecule has 2 rings (SSSR count). The van der Waals surface area contributed by atoms with Crippen LogP contribution in [0.25, 0.3) is 0 Å². The summed E-state index contributed by atoms with van der Waals surface area (Å²) in [6, 6.07) is 16.9. The zero-order valence-electron chi connectivity index (χ0n) is 12.7. The molecule has 114 valence electrons. The van der Waals surface area contributed by atoms with Crippen LogP contribution in [0.4, 0.5) is 0 Å². The van der Waals surface area contributed by atoms with Gasteiger partial charge in [-0.1, -0.05) is 49.4 Å². The number of hydrogen-bond donors (Lipinski definition) is 1. The Balaban J connectivity index is 2.22. The van der Waals surface area contributed by atoms with Crippen LogP contribution in [0.2, 0.25) is 0 Å². The number of rotatable bonds is 6. The maximum absolute atomic E-state index is 12.6. The quantitative estimate of drug-likeness (QED) is 0.889. The molecule has 0 unspecified atom stereocenters. The molecule has 2 amide bonds. The first-order chi connectivity index (χ1) is 10.6. The summed E-state index contributed by atoms with van der Waals surface area (Å²) in [7, 11) is 0. The summed E-state index contributed by atoms with van der Waals surface area (Å²) in [5.41, 5.74) is 8.03. The van der Waals surface area contributed by atoms with E-state index in [-0.39, 0.29) is 12.5 Å². The SMILES string of the molecule is CCc1cccc(CN(CC(N)=O)C(=O)c2ccccc2)c1. The van der Waals surface area contributed by atoms with E-state index < -0.39 is 5.91 Å². The summed E-state index contributed by atoms with van der Waals surface area (Å²) in [6.07, 6.45) is 0.927. The Kier molecular flexibility index (Phi) is 5.31. The van der Waals surface area contributed by atoms with E-state index in [2.05, 4.69) is 6.92 Å². The lowest BCUT2D eigenvalue weighted by molar-refractivity contribution is -0.118. The standard InChI is InChI=1S/C18H20N2O2/c1-2-14-7-6-8-15(11-14)12-20(13-17(19)21)18(22)16-9-4-3-5-10-16/h3-11H,2,12-13H2,1H3,(H2,19,21). The molecule has 0 atom stereocenters. The minimum atomic E-state index is -0.518. The third-order valence-corrected chi connectivity index (χ3v) is 3.43. The van der Waals surface area contributed by atoms with Crippen molar-refractivity contribution in [2.45, 2.75) is 19.9 Å². The van der Waals surface area contributed by atoms with E-state index in [1.54, 1.807) is 24.3 Å². The first-order valence-electron chi connectivity index (χ1n) is 7.30. The van der Waals surface area contributed by atoms with Gasteiger partial charge in [0.25, 0.3) is 5.91 Å². The highest BCUT2D eigenvalue weighted by Gasteiger charge is 2.18. The van der Waals surface area contributed by atoms with Gasteiger partial charge in [0, 0.05) is 12.1 Å². The Labute approximate surface area is 130 Å². The van der Waals surface area contributed by atoms with Gasteiger partial charge < -0.3 is 10.6 Å². The van der Waals surface area contributed by atoms with Crippen molar-refractivity contribution in [2.24, 2.45) is 5.73 Å². The normalized spacial score (nSPS) is 10.2. The molecule has 0 fully saturated rings. The Hall–Kier alpha value is -2.62. The summed E-state index contributed by atoms with van der Waals surface area (Å²) < 4.78 is 0. The number of aryl methyl sites for hydroxylation is 1. The van der Waals surface area contributed by atoms with Crippen LogP contribution in [0.15, 0.2) is 54.6 Å². The van der Waals surface area contributed by atoms with Crippen molar-refractivity contribution in [3.05, 3.63) is 71.3 Å². The number of hydrogen-bond acceptors (Lipinski definition) is 2. The second-order valence-corrected chi connectivity index (χ2v) is 5.17. The molecule has 0 bridgehead atoms. The first kappa shape index (κ1) is 15.8. The fourth-order valence-electron chi connectivity index (χ4n) is 2.32. The molecule has 4 heteroatoms. The molecule has 0 aromatic heterocycles. The number of carbonyl (C=O) groups is 2. The number of nitrogens with zero attached hydrogens (tertiary/aromatic N) is 1. The predicted octanol–water partition coefficient (Wildman–Crippen LogP) is 2.38. The molecule has 0 radical (unpaired) electrons. The van der Waals surface area contributed by atoms with E-state index in [1.807, 2.05) is 30.3 Å². The average Bonchev–Trinajstić information content (AvgIpc) is 2.54. The van der Waals surface area contributed by atoms with Crippen molar-refractivity contribution in [2.75, 3.05) is 6.54 Å². The van der Waals surface area contributed by atoms with E-state index in [0.717, 1.165) is 12.0 Å². The van der Waals surface area contributed by atoms with Crippen LogP contribution in [0.5, 0.6) is 0 Å². The predicted molar refractivity (Wildman–Crippen MR) is 86.2 cm³/mol. The number of carbonyl (C=O) groups excluding carboxylic acids is 2. The molecule has 0 heterocycles. The molecule has 2 N–H and O–H groups in total. The van der Waals surface area contributed by atoms with Crippen molar-refractivity contribution in [1.82, 2.24) is 4.90 Å². The zero-order valence-corrected chi connectivity index (χ0v) is 12.7. The Morgan fingerprint density at radius 1 is 1.00 bits per heavy atom. The maximum Gasteiger partial charge on any atom is 0.254 e. The van der Waals surface area contributed by atoms with Crippen molar-refractivity contribution in [3.63, 3.8) is 0 Å². The second kappa shape index (κ2) is 7.41. The zero-order chi connectivity index (χ0) is 15.9. The minimum absolute atomic E-state index is 0.0932. The highest BCUT2D eigenvalue weighted by Crippen LogP contribution is 2.12. The summed E-state index contributed by atoms with van der Waals surface area (Å²) in [6.45, 7) is 2.35. The first-order valence-corrected chi connectivity index (χ1v) is 7.30. The lowest BCUT2D eigenvalue weighted by Gasteiger charge is -2.21. The van der Waals surface area contributed by atoms with E-state index >= 15 is 0 Å². The summed E-state index contributed by atoms with van der Waals surface area (Å²) >= 11 is 0. The fraction of sp³-hybridized carbons (Fsp3) is 0.222. The summed E-state index contributed by atoms with van der Waals surface area (Å²) in [5.74, 6) is -0.711. The maximum atomic E-state index is 12.6. The molecule has 0 saturated carbocycles. The van der Waals surface area contributed by atoms with Gasteiger partial charge in [-0.2, -0.15) is 0 Å². The smallest absolute Gasteiger partial charge is 0.254 e. The molecule has 0 spiro atoms. The number of primary amides is 1. The van der Waals surface area contributed by atoms with Crippen LogP contribution in [0.3, 0.4) is 0 Å². The Morgan fingerprint density at radius 3 is 2.32 bits per heavy atom. The lowest BCUT2D eigenvalue weighted by Crippen LogP contribution is -2.38. The van der Waals surface area contributed by atoms with Crippen LogP contribution in [0, 0.1) is 0 Å². The van der Waals surface area contributed by atoms with Crippen LogP contribution in [-0.2, 0) is 17.8 Å². The monoisotopic (exact) mass is 296 g/mol. The van der Waals surface area contributed by atoms with E-state index in [9.17, 15) is 9.59 Å². The van der Waals surface area contributed by atoms with Gasteiger partial charge in [-0.05, 0) is 29.7 Å². The lowest BCUT2D eigenvalue weighted by atomic mass is 10.1. The number of benzene rings is 2. The van der Waals surface area contributed by atoms with Crippen LogP contribution < -0.4 is 5.73 Å². The van der Waals surface area contributed by atoms with Gasteiger partial charge in [-0.15, -0.1) is 0 Å². The number of nitrogens with two attached hydrogens (primary N) is 1. The fourth-order valence-corrected chi connectivity index (χ4v) is 2.32. The highest BCUT2D eigenvalue weighted by molar-refractivity contribution is 5.96.